The fraction of sp³-hybridized carbons (Fsp3) is 0.0870. The molecule has 0 saturated carbocycles. The third-order valence-electron chi connectivity index (χ3n) is 4.43. The molecule has 4 rings (SSSR count). The Morgan fingerprint density at radius 3 is 2.66 bits per heavy atom. The van der Waals surface area contributed by atoms with Gasteiger partial charge in [-0.15, -0.1) is 11.3 Å². The van der Waals surface area contributed by atoms with Gasteiger partial charge in [0.25, 0.3) is 5.91 Å². The number of amides is 2. The van der Waals surface area contributed by atoms with Crippen LogP contribution in [0.1, 0.15) is 22.8 Å². The average Bonchev–Trinajstić information content (AvgIpc) is 3.26. The van der Waals surface area contributed by atoms with Crippen LogP contribution in [0.3, 0.4) is 0 Å². The molecule has 144 valence electrons. The highest BCUT2D eigenvalue weighted by atomic mass is 32.1. The number of pyridine rings is 1. The second-order valence-electron chi connectivity index (χ2n) is 6.61. The van der Waals surface area contributed by atoms with Gasteiger partial charge in [0.2, 0.25) is 5.91 Å². The van der Waals surface area contributed by atoms with Gasteiger partial charge < -0.3 is 10.6 Å². The van der Waals surface area contributed by atoms with E-state index >= 15 is 0 Å². The minimum atomic E-state index is -0.161. The molecule has 2 heterocycles. The van der Waals surface area contributed by atoms with Crippen LogP contribution in [0.4, 0.5) is 5.69 Å². The lowest BCUT2D eigenvalue weighted by molar-refractivity contribution is -0.114. The molecule has 0 unspecified atom stereocenters. The molecule has 0 aliphatic rings. The van der Waals surface area contributed by atoms with Crippen molar-refractivity contribution in [3.63, 3.8) is 0 Å². The molecule has 0 radical (unpaired) electrons. The molecule has 29 heavy (non-hydrogen) atoms. The monoisotopic (exact) mass is 401 g/mol. The quantitative estimate of drug-likeness (QED) is 0.502. The van der Waals surface area contributed by atoms with Crippen molar-refractivity contribution in [2.24, 2.45) is 0 Å². The first-order valence-corrected chi connectivity index (χ1v) is 10.1. The van der Waals surface area contributed by atoms with Crippen LogP contribution in [0.2, 0.25) is 0 Å². The first-order valence-electron chi connectivity index (χ1n) is 9.18. The minimum absolute atomic E-state index is 0.129. The van der Waals surface area contributed by atoms with Crippen LogP contribution in [-0.4, -0.2) is 16.8 Å². The van der Waals surface area contributed by atoms with Gasteiger partial charge in [0, 0.05) is 24.5 Å². The second kappa shape index (κ2) is 8.24. The first-order chi connectivity index (χ1) is 14.1. The van der Waals surface area contributed by atoms with Gasteiger partial charge >= 0.3 is 0 Å². The van der Waals surface area contributed by atoms with Crippen molar-refractivity contribution in [1.82, 2.24) is 10.3 Å². The Balaban J connectivity index is 1.61. The van der Waals surface area contributed by atoms with Crippen molar-refractivity contribution in [3.8, 4) is 10.6 Å². The van der Waals surface area contributed by atoms with E-state index in [4.69, 9.17) is 4.98 Å². The van der Waals surface area contributed by atoms with Crippen molar-refractivity contribution in [2.75, 3.05) is 5.32 Å². The maximum atomic E-state index is 13.0. The third-order valence-corrected chi connectivity index (χ3v) is 5.33. The van der Waals surface area contributed by atoms with Crippen molar-refractivity contribution >= 4 is 39.7 Å². The summed E-state index contributed by atoms with van der Waals surface area (Å²) >= 11 is 1.59. The van der Waals surface area contributed by atoms with Gasteiger partial charge in [-0.2, -0.15) is 0 Å². The van der Waals surface area contributed by atoms with Gasteiger partial charge in [-0.1, -0.05) is 36.4 Å². The fourth-order valence-electron chi connectivity index (χ4n) is 3.15. The van der Waals surface area contributed by atoms with E-state index in [-0.39, 0.29) is 11.8 Å². The highest BCUT2D eigenvalue weighted by Gasteiger charge is 2.14. The zero-order valence-corrected chi connectivity index (χ0v) is 16.6. The molecule has 0 saturated heterocycles. The van der Waals surface area contributed by atoms with Crippen molar-refractivity contribution < 1.29 is 9.59 Å². The summed E-state index contributed by atoms with van der Waals surface area (Å²) in [5.74, 6) is -0.290. The lowest BCUT2D eigenvalue weighted by Crippen LogP contribution is -2.23. The largest absolute Gasteiger partial charge is 0.348 e. The molecule has 6 heteroatoms. The molecule has 2 amide bonds. The van der Waals surface area contributed by atoms with E-state index in [9.17, 15) is 9.59 Å². The van der Waals surface area contributed by atoms with Crippen molar-refractivity contribution in [2.45, 2.75) is 13.5 Å². The number of nitrogens with zero attached hydrogens (tertiary/aromatic N) is 1. The van der Waals surface area contributed by atoms with E-state index in [1.54, 1.807) is 11.3 Å². The van der Waals surface area contributed by atoms with Crippen LogP contribution >= 0.6 is 11.3 Å². The summed E-state index contributed by atoms with van der Waals surface area (Å²) in [6, 6.07) is 20.9. The molecule has 5 nitrogen and oxygen atoms in total. The standard InChI is InChI=1S/C23H19N3O2S/c1-15(27)25-17-7-4-6-16(12-17)14-24-23(28)19-13-21(22-10-5-11-29-22)26-20-9-3-2-8-18(19)20/h2-13H,14H2,1H3,(H,24,28)(H,25,27). The molecule has 4 aromatic rings. The smallest absolute Gasteiger partial charge is 0.252 e. The number of carbonyl (C=O) groups excluding carboxylic acids is 2. The van der Waals surface area contributed by atoms with Crippen LogP contribution in [0.15, 0.2) is 72.1 Å². The normalized spacial score (nSPS) is 10.7. The van der Waals surface area contributed by atoms with E-state index in [0.29, 0.717) is 17.8 Å². The highest BCUT2D eigenvalue weighted by Crippen LogP contribution is 2.28. The van der Waals surface area contributed by atoms with Crippen molar-refractivity contribution in [3.05, 3.63) is 83.2 Å². The van der Waals surface area contributed by atoms with E-state index < -0.39 is 0 Å². The Morgan fingerprint density at radius 2 is 1.86 bits per heavy atom. The molecule has 2 aromatic carbocycles. The minimum Gasteiger partial charge on any atom is -0.348 e. The predicted molar refractivity (Wildman–Crippen MR) is 117 cm³/mol. The number of fused-ring (bicyclic) bond motifs is 1. The van der Waals surface area contributed by atoms with Crippen LogP contribution < -0.4 is 10.6 Å². The number of aromatic nitrogens is 1. The predicted octanol–water partition coefficient (Wildman–Crippen LogP) is 4.85. The van der Waals surface area contributed by atoms with E-state index in [2.05, 4.69) is 10.6 Å². The summed E-state index contributed by atoms with van der Waals surface area (Å²) in [6.45, 7) is 1.82. The molecule has 0 bridgehead atoms. The number of anilines is 1. The molecule has 0 fully saturated rings. The number of nitrogens with one attached hydrogen (secondary N) is 2. The van der Waals surface area contributed by atoms with Gasteiger partial charge in [-0.05, 0) is 41.3 Å². The summed E-state index contributed by atoms with van der Waals surface area (Å²) < 4.78 is 0. The van der Waals surface area contributed by atoms with E-state index in [0.717, 1.165) is 27.0 Å². The molecular weight excluding hydrogens is 382 g/mol. The fourth-order valence-corrected chi connectivity index (χ4v) is 3.84. The maximum Gasteiger partial charge on any atom is 0.252 e. The number of para-hydroxylation sites is 1. The number of hydrogen-bond donors (Lipinski definition) is 2. The summed E-state index contributed by atoms with van der Waals surface area (Å²) in [7, 11) is 0. The average molecular weight is 401 g/mol. The van der Waals surface area contributed by atoms with Gasteiger partial charge in [-0.25, -0.2) is 4.98 Å². The molecule has 0 spiro atoms. The zero-order valence-electron chi connectivity index (χ0n) is 15.8. The summed E-state index contributed by atoms with van der Waals surface area (Å²) in [5, 5.41) is 8.55. The lowest BCUT2D eigenvalue weighted by Gasteiger charge is -2.11. The second-order valence-corrected chi connectivity index (χ2v) is 7.56. The number of carbonyl (C=O) groups is 2. The molecule has 0 aliphatic carbocycles. The van der Waals surface area contributed by atoms with Gasteiger partial charge in [0.05, 0.1) is 21.7 Å². The van der Waals surface area contributed by atoms with Crippen molar-refractivity contribution in [1.29, 1.82) is 0 Å². The number of thiophene rings is 1. The Morgan fingerprint density at radius 1 is 1.00 bits per heavy atom. The Kier molecular flexibility index (Phi) is 5.35. The number of benzene rings is 2. The van der Waals surface area contributed by atoms with Crippen LogP contribution in [-0.2, 0) is 11.3 Å². The molecular formula is C23H19N3O2S. The Hall–Kier alpha value is -3.51. The maximum absolute atomic E-state index is 13.0. The van der Waals surface area contributed by atoms with Crippen LogP contribution in [0, 0.1) is 0 Å². The summed E-state index contributed by atoms with van der Waals surface area (Å²) in [4.78, 5) is 30.0. The molecule has 2 aromatic heterocycles. The van der Waals surface area contributed by atoms with Gasteiger partial charge in [-0.3, -0.25) is 9.59 Å². The third kappa shape index (κ3) is 4.33. The van der Waals surface area contributed by atoms with Crippen LogP contribution in [0.25, 0.3) is 21.5 Å². The van der Waals surface area contributed by atoms with E-state index in [1.807, 2.05) is 72.1 Å². The topological polar surface area (TPSA) is 71.1 Å². The Labute approximate surface area is 172 Å². The highest BCUT2D eigenvalue weighted by molar-refractivity contribution is 7.13. The molecule has 2 N–H and O–H groups in total. The summed E-state index contributed by atoms with van der Waals surface area (Å²) in [6.07, 6.45) is 0. The lowest BCUT2D eigenvalue weighted by atomic mass is 10.1. The zero-order chi connectivity index (χ0) is 20.2. The first kappa shape index (κ1) is 18.8. The summed E-state index contributed by atoms with van der Waals surface area (Å²) in [5.41, 5.74) is 3.78. The number of hydrogen-bond acceptors (Lipinski definition) is 4. The Bertz CT molecular complexity index is 1190. The SMILES string of the molecule is CC(=O)Nc1cccc(CNC(=O)c2cc(-c3cccs3)nc3ccccc23)c1. The molecule has 0 aliphatic heterocycles. The molecule has 0 atom stereocenters. The van der Waals surface area contributed by atoms with Gasteiger partial charge in [0.15, 0.2) is 0 Å². The number of rotatable bonds is 5. The van der Waals surface area contributed by atoms with E-state index in [1.165, 1.54) is 6.92 Å². The van der Waals surface area contributed by atoms with Gasteiger partial charge in [0.1, 0.15) is 0 Å². The van der Waals surface area contributed by atoms with Crippen LogP contribution in [0.5, 0.6) is 0 Å².